The molecule has 0 fully saturated rings. The molecule has 2 aromatic rings. The normalized spacial score (nSPS) is 11.0. The summed E-state index contributed by atoms with van der Waals surface area (Å²) in [5.74, 6) is -0.789. The molecule has 9 heteroatoms. The van der Waals surface area contributed by atoms with Crippen LogP contribution in [0.1, 0.15) is 6.92 Å². The monoisotopic (exact) mass is 381 g/mol. The van der Waals surface area contributed by atoms with Crippen molar-refractivity contribution < 1.29 is 18.0 Å². The third-order valence-electron chi connectivity index (χ3n) is 3.00. The predicted molar refractivity (Wildman–Crippen MR) is 96.0 cm³/mol. The molecule has 0 bridgehead atoms. The molecule has 0 radical (unpaired) electrons. The van der Waals surface area contributed by atoms with Gasteiger partial charge in [-0.1, -0.05) is 23.7 Å². The van der Waals surface area contributed by atoms with Gasteiger partial charge in [-0.25, -0.2) is 13.1 Å². The highest BCUT2D eigenvalue weighted by molar-refractivity contribution is 7.89. The van der Waals surface area contributed by atoms with E-state index in [0.717, 1.165) is 0 Å². The molecule has 0 heterocycles. The van der Waals surface area contributed by atoms with Gasteiger partial charge in [-0.05, 0) is 36.4 Å². The van der Waals surface area contributed by atoms with Gasteiger partial charge in [0.2, 0.25) is 21.8 Å². The molecule has 0 aliphatic heterocycles. The number of carbonyl (C=O) groups is 2. The summed E-state index contributed by atoms with van der Waals surface area (Å²) >= 11 is 5.77. The van der Waals surface area contributed by atoms with E-state index in [1.54, 1.807) is 30.3 Å². The van der Waals surface area contributed by atoms with Crippen LogP contribution in [0.5, 0.6) is 0 Å². The van der Waals surface area contributed by atoms with Crippen LogP contribution in [0.25, 0.3) is 0 Å². The average Bonchev–Trinajstić information content (AvgIpc) is 2.53. The van der Waals surface area contributed by atoms with Crippen LogP contribution >= 0.6 is 11.6 Å². The van der Waals surface area contributed by atoms with E-state index in [4.69, 9.17) is 11.6 Å². The Morgan fingerprint density at radius 1 is 1.00 bits per heavy atom. The molecular weight excluding hydrogens is 366 g/mol. The van der Waals surface area contributed by atoms with E-state index >= 15 is 0 Å². The van der Waals surface area contributed by atoms with E-state index in [-0.39, 0.29) is 15.8 Å². The van der Waals surface area contributed by atoms with Crippen LogP contribution in [0.2, 0.25) is 5.02 Å². The summed E-state index contributed by atoms with van der Waals surface area (Å²) in [6, 6.07) is 12.2. The zero-order valence-corrected chi connectivity index (χ0v) is 14.8. The maximum Gasteiger partial charge on any atom is 0.241 e. The Kier molecular flexibility index (Phi) is 6.13. The third kappa shape index (κ3) is 5.86. The summed E-state index contributed by atoms with van der Waals surface area (Å²) in [7, 11) is -3.85. The Hall–Kier alpha value is -2.42. The lowest BCUT2D eigenvalue weighted by atomic mass is 10.2. The molecule has 0 saturated heterocycles. The van der Waals surface area contributed by atoms with Crippen molar-refractivity contribution in [3.63, 3.8) is 0 Å². The number of carbonyl (C=O) groups excluding carboxylic acids is 2. The molecule has 2 amide bonds. The second-order valence-corrected chi connectivity index (χ2v) is 7.30. The molecule has 0 aliphatic carbocycles. The number of halogens is 1. The van der Waals surface area contributed by atoms with Gasteiger partial charge in [0.05, 0.1) is 11.4 Å². The molecule has 132 valence electrons. The van der Waals surface area contributed by atoms with Crippen molar-refractivity contribution in [1.29, 1.82) is 0 Å². The van der Waals surface area contributed by atoms with Crippen molar-refractivity contribution in [3.05, 3.63) is 53.6 Å². The Labute approximate surface area is 150 Å². The average molecular weight is 382 g/mol. The first-order valence-electron chi connectivity index (χ1n) is 7.19. The fourth-order valence-electron chi connectivity index (χ4n) is 1.96. The summed E-state index contributed by atoms with van der Waals surface area (Å²) < 4.78 is 26.4. The van der Waals surface area contributed by atoms with E-state index in [1.807, 2.05) is 0 Å². The lowest BCUT2D eigenvalue weighted by molar-refractivity contribution is -0.115. The van der Waals surface area contributed by atoms with Gasteiger partial charge in [0.15, 0.2) is 0 Å². The van der Waals surface area contributed by atoms with Crippen LogP contribution in [-0.4, -0.2) is 26.8 Å². The van der Waals surface area contributed by atoms with Gasteiger partial charge in [0.25, 0.3) is 0 Å². The fraction of sp³-hybridized carbons (Fsp3) is 0.125. The minimum atomic E-state index is -3.85. The quantitative estimate of drug-likeness (QED) is 0.713. The highest BCUT2D eigenvalue weighted by atomic mass is 35.5. The molecule has 7 nitrogen and oxygen atoms in total. The predicted octanol–water partition coefficient (Wildman–Crippen LogP) is 2.22. The van der Waals surface area contributed by atoms with Gasteiger partial charge in [-0.15, -0.1) is 0 Å². The second kappa shape index (κ2) is 8.11. The molecule has 25 heavy (non-hydrogen) atoms. The smallest absolute Gasteiger partial charge is 0.241 e. The maximum atomic E-state index is 12.1. The largest absolute Gasteiger partial charge is 0.326 e. The molecule has 0 saturated carbocycles. The molecule has 3 N–H and O–H groups in total. The van der Waals surface area contributed by atoms with E-state index in [2.05, 4.69) is 15.4 Å². The Balaban J connectivity index is 1.98. The minimum Gasteiger partial charge on any atom is -0.326 e. The van der Waals surface area contributed by atoms with Gasteiger partial charge < -0.3 is 10.6 Å². The van der Waals surface area contributed by atoms with Crippen molar-refractivity contribution in [1.82, 2.24) is 4.72 Å². The standard InChI is InChI=1S/C16H16ClN3O4S/c1-11(21)19-13-5-3-6-14(9-13)20-16(22)10-18-25(23,24)15-7-2-4-12(17)8-15/h2-9,18H,10H2,1H3,(H,19,21)(H,20,22). The van der Waals surface area contributed by atoms with Crippen LogP contribution < -0.4 is 15.4 Å². The number of anilines is 2. The van der Waals surface area contributed by atoms with Gasteiger partial charge >= 0.3 is 0 Å². The van der Waals surface area contributed by atoms with Crippen LogP contribution in [0.3, 0.4) is 0 Å². The van der Waals surface area contributed by atoms with Gasteiger partial charge in [-0.2, -0.15) is 0 Å². The van der Waals surface area contributed by atoms with Gasteiger partial charge in [0, 0.05) is 23.3 Å². The number of sulfonamides is 1. The summed E-state index contributed by atoms with van der Waals surface area (Å²) in [5.41, 5.74) is 0.947. The highest BCUT2D eigenvalue weighted by Gasteiger charge is 2.15. The zero-order valence-electron chi connectivity index (χ0n) is 13.2. The van der Waals surface area contributed by atoms with Crippen molar-refractivity contribution in [2.24, 2.45) is 0 Å². The Bertz CT molecular complexity index is 900. The van der Waals surface area contributed by atoms with E-state index < -0.39 is 22.5 Å². The van der Waals surface area contributed by atoms with E-state index in [0.29, 0.717) is 11.4 Å². The second-order valence-electron chi connectivity index (χ2n) is 5.09. The SMILES string of the molecule is CC(=O)Nc1cccc(NC(=O)CNS(=O)(=O)c2cccc(Cl)c2)c1. The first-order chi connectivity index (χ1) is 11.8. The van der Waals surface area contributed by atoms with Crippen LogP contribution in [0.4, 0.5) is 11.4 Å². The van der Waals surface area contributed by atoms with Crippen LogP contribution in [0, 0.1) is 0 Å². The molecular formula is C16H16ClN3O4S. The lowest BCUT2D eigenvalue weighted by Gasteiger charge is -2.09. The fourth-order valence-corrected chi connectivity index (χ4v) is 3.24. The minimum absolute atomic E-state index is 0.0274. The van der Waals surface area contributed by atoms with Crippen LogP contribution in [0.15, 0.2) is 53.4 Å². The summed E-state index contributed by atoms with van der Waals surface area (Å²) in [6.07, 6.45) is 0. The van der Waals surface area contributed by atoms with E-state index in [1.165, 1.54) is 25.1 Å². The molecule has 2 aromatic carbocycles. The molecule has 0 atom stereocenters. The molecule has 0 spiro atoms. The first kappa shape index (κ1) is 18.9. The summed E-state index contributed by atoms with van der Waals surface area (Å²) in [5, 5.41) is 5.41. The first-order valence-corrected chi connectivity index (χ1v) is 9.05. The molecule has 0 aromatic heterocycles. The topological polar surface area (TPSA) is 104 Å². The number of benzene rings is 2. The Morgan fingerprint density at radius 2 is 1.64 bits per heavy atom. The number of hydrogen-bond donors (Lipinski definition) is 3. The number of hydrogen-bond acceptors (Lipinski definition) is 4. The van der Waals surface area contributed by atoms with Crippen molar-refractivity contribution in [2.45, 2.75) is 11.8 Å². The van der Waals surface area contributed by atoms with Gasteiger partial charge in [-0.3, -0.25) is 9.59 Å². The third-order valence-corrected chi connectivity index (χ3v) is 4.63. The number of rotatable bonds is 6. The van der Waals surface area contributed by atoms with Gasteiger partial charge in [0.1, 0.15) is 0 Å². The summed E-state index contributed by atoms with van der Waals surface area (Å²) in [4.78, 5) is 22.9. The highest BCUT2D eigenvalue weighted by Crippen LogP contribution is 2.16. The molecule has 0 aliphatic rings. The van der Waals surface area contributed by atoms with Crippen molar-refractivity contribution in [3.8, 4) is 0 Å². The number of amides is 2. The molecule has 2 rings (SSSR count). The molecule has 0 unspecified atom stereocenters. The van der Waals surface area contributed by atoms with Crippen molar-refractivity contribution >= 4 is 44.8 Å². The van der Waals surface area contributed by atoms with Crippen molar-refractivity contribution in [2.75, 3.05) is 17.2 Å². The Morgan fingerprint density at radius 3 is 2.28 bits per heavy atom. The zero-order chi connectivity index (χ0) is 18.4. The number of nitrogens with one attached hydrogen (secondary N) is 3. The maximum absolute atomic E-state index is 12.1. The lowest BCUT2D eigenvalue weighted by Crippen LogP contribution is -2.32. The van der Waals surface area contributed by atoms with Crippen LogP contribution in [-0.2, 0) is 19.6 Å². The van der Waals surface area contributed by atoms with E-state index in [9.17, 15) is 18.0 Å². The summed E-state index contributed by atoms with van der Waals surface area (Å²) in [6.45, 7) is 0.926.